The second-order valence-electron chi connectivity index (χ2n) is 6.51. The Labute approximate surface area is 196 Å². The number of esters is 1. The first kappa shape index (κ1) is 22.3. The minimum Gasteiger partial charge on any atom is -0.462 e. The number of carbonyl (C=O) groups is 2. The van der Waals surface area contributed by atoms with Gasteiger partial charge in [-0.1, -0.05) is 48.2 Å². The van der Waals surface area contributed by atoms with Crippen LogP contribution in [0, 0.1) is 0 Å². The quantitative estimate of drug-likeness (QED) is 0.252. The zero-order valence-corrected chi connectivity index (χ0v) is 19.5. The van der Waals surface area contributed by atoms with E-state index >= 15 is 0 Å². The van der Waals surface area contributed by atoms with Crippen LogP contribution in [0.2, 0.25) is 0 Å². The van der Waals surface area contributed by atoms with E-state index in [0.29, 0.717) is 28.1 Å². The largest absolute Gasteiger partial charge is 0.462 e. The minimum absolute atomic E-state index is 0.0709. The molecule has 4 rings (SSSR count). The number of thioether (sulfide) groups is 1. The van der Waals surface area contributed by atoms with Gasteiger partial charge in [-0.2, -0.15) is 0 Å². The summed E-state index contributed by atoms with van der Waals surface area (Å²) in [6.07, 6.45) is 0.532. The molecule has 0 bridgehead atoms. The van der Waals surface area contributed by atoms with Gasteiger partial charge in [0.2, 0.25) is 11.8 Å². The van der Waals surface area contributed by atoms with Crippen LogP contribution in [-0.2, 0) is 16.0 Å². The molecule has 32 heavy (non-hydrogen) atoms. The van der Waals surface area contributed by atoms with Crippen molar-refractivity contribution in [2.24, 2.45) is 0 Å². The van der Waals surface area contributed by atoms with Gasteiger partial charge in [-0.25, -0.2) is 4.79 Å². The molecule has 1 N–H and O–H groups in total. The van der Waals surface area contributed by atoms with Crippen LogP contribution >= 0.6 is 34.4 Å². The Morgan fingerprint density at radius 1 is 1.12 bits per heavy atom. The van der Waals surface area contributed by atoms with Crippen molar-refractivity contribution < 1.29 is 18.7 Å². The first-order valence-electron chi connectivity index (χ1n) is 9.75. The van der Waals surface area contributed by atoms with Crippen LogP contribution in [0.4, 0.5) is 5.00 Å². The van der Waals surface area contributed by atoms with Gasteiger partial charge in [0, 0.05) is 15.8 Å². The molecule has 7 nitrogen and oxygen atoms in total. The van der Waals surface area contributed by atoms with Crippen LogP contribution in [0.25, 0.3) is 10.4 Å². The minimum atomic E-state index is -0.456. The lowest BCUT2D eigenvalue weighted by atomic mass is 10.1. The highest BCUT2D eigenvalue weighted by molar-refractivity contribution is 7.99. The van der Waals surface area contributed by atoms with Crippen molar-refractivity contribution in [3.05, 3.63) is 70.2 Å². The second kappa shape index (κ2) is 10.6. The van der Waals surface area contributed by atoms with E-state index in [4.69, 9.17) is 9.15 Å². The molecule has 0 saturated carbocycles. The molecule has 0 aliphatic heterocycles. The SMILES string of the molecule is CCOC(=O)c1c(-c2cccs2)csc1NC(=O)CSc1nnc(Cc2ccccc2)o1. The van der Waals surface area contributed by atoms with Gasteiger partial charge in [0.05, 0.1) is 18.8 Å². The maximum atomic E-state index is 12.6. The lowest BCUT2D eigenvalue weighted by Gasteiger charge is -2.07. The zero-order chi connectivity index (χ0) is 22.3. The van der Waals surface area contributed by atoms with Crippen LogP contribution in [0.5, 0.6) is 0 Å². The Balaban J connectivity index is 1.40. The predicted octanol–water partition coefficient (Wildman–Crippen LogP) is 5.36. The molecule has 3 aromatic heterocycles. The van der Waals surface area contributed by atoms with E-state index in [0.717, 1.165) is 27.8 Å². The molecule has 0 aliphatic carbocycles. The van der Waals surface area contributed by atoms with Crippen LogP contribution in [-0.4, -0.2) is 34.4 Å². The molecule has 0 spiro atoms. The summed E-state index contributed by atoms with van der Waals surface area (Å²) in [7, 11) is 0. The zero-order valence-electron chi connectivity index (χ0n) is 17.1. The van der Waals surface area contributed by atoms with Crippen molar-refractivity contribution in [2.45, 2.75) is 18.6 Å². The van der Waals surface area contributed by atoms with Gasteiger partial charge in [-0.3, -0.25) is 4.79 Å². The van der Waals surface area contributed by atoms with E-state index in [2.05, 4.69) is 15.5 Å². The van der Waals surface area contributed by atoms with Crippen molar-refractivity contribution in [1.29, 1.82) is 0 Å². The number of ether oxygens (including phenoxy) is 1. The second-order valence-corrected chi connectivity index (χ2v) is 9.27. The number of thiophene rings is 2. The first-order valence-corrected chi connectivity index (χ1v) is 12.5. The van der Waals surface area contributed by atoms with E-state index < -0.39 is 5.97 Å². The lowest BCUT2D eigenvalue weighted by Crippen LogP contribution is -2.16. The Kier molecular flexibility index (Phi) is 7.35. The summed E-state index contributed by atoms with van der Waals surface area (Å²) in [5.41, 5.74) is 2.20. The normalized spacial score (nSPS) is 10.8. The monoisotopic (exact) mass is 485 g/mol. The van der Waals surface area contributed by atoms with Crippen LogP contribution in [0.15, 0.2) is 62.9 Å². The Morgan fingerprint density at radius 2 is 1.97 bits per heavy atom. The first-order chi connectivity index (χ1) is 15.6. The molecular weight excluding hydrogens is 466 g/mol. The molecule has 1 amide bonds. The molecule has 0 unspecified atom stereocenters. The van der Waals surface area contributed by atoms with Crippen molar-refractivity contribution in [1.82, 2.24) is 10.2 Å². The van der Waals surface area contributed by atoms with Gasteiger partial charge in [-0.05, 0) is 23.9 Å². The van der Waals surface area contributed by atoms with E-state index in [9.17, 15) is 9.59 Å². The number of rotatable bonds is 9. The molecular formula is C22H19N3O4S3. The average molecular weight is 486 g/mol. The van der Waals surface area contributed by atoms with Gasteiger partial charge >= 0.3 is 5.97 Å². The predicted molar refractivity (Wildman–Crippen MR) is 126 cm³/mol. The topological polar surface area (TPSA) is 94.3 Å². The third kappa shape index (κ3) is 5.45. The highest BCUT2D eigenvalue weighted by atomic mass is 32.2. The van der Waals surface area contributed by atoms with Crippen molar-refractivity contribution >= 4 is 51.3 Å². The van der Waals surface area contributed by atoms with Crippen molar-refractivity contribution in [3.8, 4) is 10.4 Å². The number of nitrogens with one attached hydrogen (secondary N) is 1. The number of benzene rings is 1. The molecule has 0 radical (unpaired) electrons. The highest BCUT2D eigenvalue weighted by Gasteiger charge is 2.23. The van der Waals surface area contributed by atoms with Crippen LogP contribution in [0.3, 0.4) is 0 Å². The molecule has 3 heterocycles. The maximum Gasteiger partial charge on any atom is 0.341 e. The number of aromatic nitrogens is 2. The third-order valence-corrected chi connectivity index (χ3v) is 6.90. The van der Waals surface area contributed by atoms with E-state index in [1.54, 1.807) is 6.92 Å². The van der Waals surface area contributed by atoms with Crippen molar-refractivity contribution in [3.63, 3.8) is 0 Å². The van der Waals surface area contributed by atoms with E-state index in [-0.39, 0.29) is 18.3 Å². The van der Waals surface area contributed by atoms with Gasteiger partial charge in [0.1, 0.15) is 10.6 Å². The molecule has 0 atom stereocenters. The van der Waals surface area contributed by atoms with Crippen LogP contribution < -0.4 is 5.32 Å². The van der Waals surface area contributed by atoms with Gasteiger partial charge < -0.3 is 14.5 Å². The van der Waals surface area contributed by atoms with E-state index in [1.807, 2.05) is 53.2 Å². The summed E-state index contributed by atoms with van der Waals surface area (Å²) in [6, 6.07) is 13.7. The van der Waals surface area contributed by atoms with Gasteiger partial charge in [0.15, 0.2) is 0 Å². The molecule has 0 aliphatic rings. The van der Waals surface area contributed by atoms with E-state index in [1.165, 1.54) is 22.7 Å². The number of carbonyl (C=O) groups excluding carboxylic acids is 2. The molecule has 1 aromatic carbocycles. The molecule has 0 saturated heterocycles. The van der Waals surface area contributed by atoms with Crippen molar-refractivity contribution in [2.75, 3.05) is 17.7 Å². The smallest absolute Gasteiger partial charge is 0.341 e. The molecule has 164 valence electrons. The number of nitrogens with zero attached hydrogens (tertiary/aromatic N) is 2. The standard InChI is InChI=1S/C22H19N3O4S3/c1-2-28-21(27)19-15(16-9-6-10-30-16)12-31-20(19)23-17(26)13-32-22-25-24-18(29-22)11-14-7-4-3-5-8-14/h3-10,12H,2,11,13H2,1H3,(H,23,26). The fourth-order valence-electron chi connectivity index (χ4n) is 2.90. The average Bonchev–Trinajstić information content (AvgIpc) is 3.54. The fraction of sp³-hybridized carbons (Fsp3) is 0.182. The highest BCUT2D eigenvalue weighted by Crippen LogP contribution is 2.38. The Bertz CT molecular complexity index is 1190. The van der Waals surface area contributed by atoms with Gasteiger partial charge in [-0.15, -0.1) is 32.9 Å². The van der Waals surface area contributed by atoms with Gasteiger partial charge in [0.25, 0.3) is 5.22 Å². The number of amides is 1. The summed E-state index contributed by atoms with van der Waals surface area (Å²) in [6.45, 7) is 2.00. The summed E-state index contributed by atoms with van der Waals surface area (Å²) in [5, 5.41) is 15.4. The summed E-state index contributed by atoms with van der Waals surface area (Å²) >= 11 is 3.97. The number of hydrogen-bond acceptors (Lipinski definition) is 9. The summed E-state index contributed by atoms with van der Waals surface area (Å²) in [4.78, 5) is 26.0. The number of hydrogen-bond donors (Lipinski definition) is 1. The summed E-state index contributed by atoms with van der Waals surface area (Å²) < 4.78 is 10.8. The summed E-state index contributed by atoms with van der Waals surface area (Å²) in [5.74, 6) is -0.172. The fourth-order valence-corrected chi connectivity index (χ4v) is 5.27. The van der Waals surface area contributed by atoms with Crippen LogP contribution in [0.1, 0.15) is 28.7 Å². The molecule has 4 aromatic rings. The Morgan fingerprint density at radius 3 is 2.72 bits per heavy atom. The Hall–Kier alpha value is -2.95. The lowest BCUT2D eigenvalue weighted by molar-refractivity contribution is -0.113. The molecule has 10 heteroatoms. The third-order valence-electron chi connectivity index (χ3n) is 4.28. The maximum absolute atomic E-state index is 12.6. The number of anilines is 1. The molecule has 0 fully saturated rings.